The molecule has 0 heterocycles. The Balaban J connectivity index is 1.99. The maximum atomic E-state index is 12.3. The highest BCUT2D eigenvalue weighted by molar-refractivity contribution is 7.86. The highest BCUT2D eigenvalue weighted by Gasteiger charge is 2.18. The molecule has 0 fully saturated rings. The van der Waals surface area contributed by atoms with Crippen molar-refractivity contribution < 1.29 is 30.7 Å². The van der Waals surface area contributed by atoms with Crippen molar-refractivity contribution >= 4 is 49.7 Å². The fraction of sp³-hybridized carbons (Fsp3) is 0. The van der Waals surface area contributed by atoms with Crippen molar-refractivity contribution in [2.45, 2.75) is 9.79 Å². The van der Waals surface area contributed by atoms with E-state index < -0.39 is 35.9 Å². The van der Waals surface area contributed by atoms with E-state index >= 15 is 0 Å². The number of hydrogen-bond donors (Lipinski definition) is 4. The van der Waals surface area contributed by atoms with Crippen LogP contribution in [0.25, 0.3) is 12.2 Å². The fourth-order valence-electron chi connectivity index (χ4n) is 2.86. The van der Waals surface area contributed by atoms with Crippen molar-refractivity contribution in [2.24, 2.45) is 0 Å². The van der Waals surface area contributed by atoms with E-state index in [9.17, 15) is 30.7 Å². The number of amides is 1. The molecule has 0 saturated carbocycles. The minimum absolute atomic E-state index is 0.0170. The second kappa shape index (κ2) is 8.93. The van der Waals surface area contributed by atoms with Gasteiger partial charge in [-0.15, -0.1) is 0 Å². The van der Waals surface area contributed by atoms with Gasteiger partial charge in [0.25, 0.3) is 26.1 Å². The van der Waals surface area contributed by atoms with Gasteiger partial charge in [0.1, 0.15) is 9.79 Å². The van der Waals surface area contributed by atoms with E-state index in [4.69, 9.17) is 5.73 Å². The Morgan fingerprint density at radius 2 is 1.31 bits per heavy atom. The summed E-state index contributed by atoms with van der Waals surface area (Å²) < 4.78 is 66.0. The van der Waals surface area contributed by atoms with E-state index in [1.54, 1.807) is 30.3 Å². The van der Waals surface area contributed by atoms with Crippen LogP contribution in [0.1, 0.15) is 21.5 Å². The lowest BCUT2D eigenvalue weighted by atomic mass is 10.1. The van der Waals surface area contributed by atoms with Crippen LogP contribution in [0.4, 0.5) is 11.4 Å². The maximum absolute atomic E-state index is 12.3. The second-order valence-electron chi connectivity index (χ2n) is 6.65. The molecule has 0 aliphatic rings. The number of rotatable bonds is 6. The van der Waals surface area contributed by atoms with E-state index in [1.807, 2.05) is 0 Å². The lowest BCUT2D eigenvalue weighted by molar-refractivity contribution is 0.102. The lowest BCUT2D eigenvalue weighted by Crippen LogP contribution is -2.12. The molecule has 0 unspecified atom stereocenters. The third-order valence-electron chi connectivity index (χ3n) is 4.34. The van der Waals surface area contributed by atoms with Crippen LogP contribution in [0.2, 0.25) is 0 Å². The highest BCUT2D eigenvalue weighted by atomic mass is 32.2. The highest BCUT2D eigenvalue weighted by Crippen LogP contribution is 2.25. The van der Waals surface area contributed by atoms with Crippen molar-refractivity contribution in [1.82, 2.24) is 0 Å². The molecule has 0 aliphatic heterocycles. The topological polar surface area (TPSA) is 164 Å². The zero-order valence-corrected chi connectivity index (χ0v) is 18.0. The van der Waals surface area contributed by atoms with Gasteiger partial charge in [0.15, 0.2) is 0 Å². The molecular weight excluding hydrogens is 456 g/mol. The largest absolute Gasteiger partial charge is 0.399 e. The SMILES string of the molecule is Nc1ccc(C=Cc2ccc(NC(=O)c3ccccc3)cc2S(=O)(=O)O)c(S(=O)(=O)O)c1. The number of nitrogens with one attached hydrogen (secondary N) is 1. The molecule has 1 amide bonds. The molecule has 32 heavy (non-hydrogen) atoms. The molecule has 11 heteroatoms. The van der Waals surface area contributed by atoms with E-state index in [2.05, 4.69) is 5.32 Å². The Kier molecular flexibility index (Phi) is 6.46. The van der Waals surface area contributed by atoms with Crippen molar-refractivity contribution in [3.05, 3.63) is 83.4 Å². The minimum atomic E-state index is -4.70. The summed E-state index contributed by atoms with van der Waals surface area (Å²) in [5.74, 6) is -0.477. The lowest BCUT2D eigenvalue weighted by Gasteiger charge is -2.09. The molecular formula is C21H18N2O7S2. The third-order valence-corrected chi connectivity index (χ3v) is 6.16. The fourth-order valence-corrected chi connectivity index (χ4v) is 4.29. The van der Waals surface area contributed by atoms with Crippen LogP contribution >= 0.6 is 0 Å². The van der Waals surface area contributed by atoms with Gasteiger partial charge in [-0.2, -0.15) is 16.8 Å². The molecule has 0 saturated heterocycles. The van der Waals surface area contributed by atoms with Gasteiger partial charge in [-0.25, -0.2) is 0 Å². The summed E-state index contributed by atoms with van der Waals surface area (Å²) in [6.45, 7) is 0. The van der Waals surface area contributed by atoms with Crippen LogP contribution < -0.4 is 11.1 Å². The summed E-state index contributed by atoms with van der Waals surface area (Å²) >= 11 is 0. The number of hydrogen-bond acceptors (Lipinski definition) is 6. The monoisotopic (exact) mass is 474 g/mol. The molecule has 3 rings (SSSR count). The van der Waals surface area contributed by atoms with E-state index in [-0.39, 0.29) is 22.5 Å². The van der Waals surface area contributed by atoms with Crippen LogP contribution in [-0.2, 0) is 20.2 Å². The molecule has 9 nitrogen and oxygen atoms in total. The Bertz CT molecular complexity index is 1420. The third kappa shape index (κ3) is 5.59. The minimum Gasteiger partial charge on any atom is -0.399 e. The summed E-state index contributed by atoms with van der Waals surface area (Å²) in [5, 5.41) is 2.54. The first-order valence-electron chi connectivity index (χ1n) is 8.98. The predicted molar refractivity (Wildman–Crippen MR) is 120 cm³/mol. The first-order valence-corrected chi connectivity index (χ1v) is 11.9. The van der Waals surface area contributed by atoms with Gasteiger partial charge in [-0.3, -0.25) is 13.9 Å². The molecule has 0 atom stereocenters. The Morgan fingerprint density at radius 3 is 1.88 bits per heavy atom. The molecule has 3 aromatic rings. The number of benzene rings is 3. The van der Waals surface area contributed by atoms with Crippen LogP contribution in [0.15, 0.2) is 76.5 Å². The first-order chi connectivity index (χ1) is 14.9. The van der Waals surface area contributed by atoms with Crippen LogP contribution in [0.3, 0.4) is 0 Å². The van der Waals surface area contributed by atoms with Crippen LogP contribution in [0, 0.1) is 0 Å². The number of anilines is 2. The Morgan fingerprint density at radius 1 is 0.781 bits per heavy atom. The van der Waals surface area contributed by atoms with E-state index in [1.165, 1.54) is 36.4 Å². The molecule has 0 spiro atoms. The zero-order chi connectivity index (χ0) is 23.5. The average molecular weight is 475 g/mol. The van der Waals surface area contributed by atoms with Crippen LogP contribution in [-0.4, -0.2) is 31.8 Å². The van der Waals surface area contributed by atoms with Gasteiger partial charge in [-0.1, -0.05) is 42.5 Å². The molecule has 5 N–H and O–H groups in total. The van der Waals surface area contributed by atoms with Crippen molar-refractivity contribution in [3.63, 3.8) is 0 Å². The van der Waals surface area contributed by atoms with Crippen molar-refractivity contribution in [3.8, 4) is 0 Å². The van der Waals surface area contributed by atoms with Gasteiger partial charge in [0.05, 0.1) is 0 Å². The van der Waals surface area contributed by atoms with Gasteiger partial charge in [0.2, 0.25) is 0 Å². The number of nitrogen functional groups attached to an aromatic ring is 1. The Hall–Kier alpha value is -3.51. The maximum Gasteiger partial charge on any atom is 0.295 e. The molecule has 0 aromatic heterocycles. The van der Waals surface area contributed by atoms with Crippen LogP contribution in [0.5, 0.6) is 0 Å². The van der Waals surface area contributed by atoms with Crippen molar-refractivity contribution in [2.75, 3.05) is 11.1 Å². The van der Waals surface area contributed by atoms with Gasteiger partial charge >= 0.3 is 0 Å². The molecule has 0 radical (unpaired) electrons. The zero-order valence-electron chi connectivity index (χ0n) is 16.3. The summed E-state index contributed by atoms with van der Waals surface area (Å²) in [6.07, 6.45) is 2.49. The average Bonchev–Trinajstić information content (AvgIpc) is 2.72. The molecule has 3 aromatic carbocycles. The van der Waals surface area contributed by atoms with Gasteiger partial charge < -0.3 is 11.1 Å². The summed E-state index contributed by atoms with van der Waals surface area (Å²) in [6, 6.07) is 15.8. The predicted octanol–water partition coefficient (Wildman–Crippen LogP) is 3.18. The summed E-state index contributed by atoms with van der Waals surface area (Å²) in [5.41, 5.74) is 6.20. The molecule has 0 bridgehead atoms. The van der Waals surface area contributed by atoms with Crippen molar-refractivity contribution in [1.29, 1.82) is 0 Å². The Labute approximate surface area is 184 Å². The normalized spacial score (nSPS) is 12.1. The number of carbonyl (C=O) groups is 1. The van der Waals surface area contributed by atoms with Gasteiger partial charge in [-0.05, 0) is 47.5 Å². The van der Waals surface area contributed by atoms with Gasteiger partial charge in [0, 0.05) is 16.9 Å². The molecule has 0 aliphatic carbocycles. The summed E-state index contributed by atoms with van der Waals surface area (Å²) in [4.78, 5) is 11.3. The summed E-state index contributed by atoms with van der Waals surface area (Å²) in [7, 11) is -9.29. The number of carbonyl (C=O) groups excluding carboxylic acids is 1. The first kappa shape index (κ1) is 23.2. The number of nitrogens with two attached hydrogens (primary N) is 1. The van der Waals surface area contributed by atoms with E-state index in [0.717, 1.165) is 12.1 Å². The molecule has 166 valence electrons. The second-order valence-corrected chi connectivity index (χ2v) is 9.43. The standard InChI is InChI=1S/C21H18N2O7S2/c22-17-10-8-14(19(12-17)31(25,26)27)6-7-15-9-11-18(13-20(15)32(28,29)30)23-21(24)16-4-2-1-3-5-16/h1-13H,22H2,(H,23,24)(H,25,26,27)(H,28,29,30). The smallest absolute Gasteiger partial charge is 0.295 e. The quantitative estimate of drug-likeness (QED) is 0.240. The van der Waals surface area contributed by atoms with E-state index in [0.29, 0.717) is 5.56 Å².